The summed E-state index contributed by atoms with van der Waals surface area (Å²) in [5, 5.41) is 2.65. The number of rotatable bonds is 3. The average molecular weight is 405 g/mol. The van der Waals surface area contributed by atoms with E-state index in [0.717, 1.165) is 0 Å². The van der Waals surface area contributed by atoms with Gasteiger partial charge in [-0.05, 0) is 37.6 Å². The van der Waals surface area contributed by atoms with Crippen molar-refractivity contribution in [2.24, 2.45) is 7.05 Å². The van der Waals surface area contributed by atoms with Gasteiger partial charge >= 0.3 is 0 Å². The Labute approximate surface area is 162 Å². The lowest BCUT2D eigenvalue weighted by molar-refractivity contribution is 0.101. The van der Waals surface area contributed by atoms with Crippen LogP contribution in [-0.2, 0) is 17.1 Å². The highest BCUT2D eigenvalue weighted by molar-refractivity contribution is 7.89. The van der Waals surface area contributed by atoms with Crippen molar-refractivity contribution in [1.29, 1.82) is 0 Å². The number of ether oxygens (including phenoxy) is 1. The minimum atomic E-state index is -3.87. The minimum Gasteiger partial charge on any atom is -0.488 e. The number of benzene rings is 1. The molecule has 0 spiro atoms. The molecule has 0 radical (unpaired) electrons. The van der Waals surface area contributed by atoms with E-state index in [4.69, 9.17) is 4.74 Å². The molecular formula is C19H20FN3O4S. The lowest BCUT2D eigenvalue weighted by Gasteiger charge is -2.13. The number of aryl methyl sites for hydroxylation is 2. The third-order valence-corrected chi connectivity index (χ3v) is 5.81. The van der Waals surface area contributed by atoms with Crippen molar-refractivity contribution in [3.05, 3.63) is 41.5 Å². The van der Waals surface area contributed by atoms with E-state index in [2.05, 4.69) is 21.9 Å². The number of nitrogens with one attached hydrogen (secondary N) is 2. The van der Waals surface area contributed by atoms with Crippen molar-refractivity contribution in [3.63, 3.8) is 0 Å². The normalized spacial score (nSPS) is 17.5. The Morgan fingerprint density at radius 2 is 2.21 bits per heavy atom. The zero-order valence-electron chi connectivity index (χ0n) is 15.7. The van der Waals surface area contributed by atoms with Crippen LogP contribution in [0.1, 0.15) is 29.4 Å². The van der Waals surface area contributed by atoms with Gasteiger partial charge < -0.3 is 14.6 Å². The summed E-state index contributed by atoms with van der Waals surface area (Å²) in [6.07, 6.45) is 1.62. The van der Waals surface area contributed by atoms with Gasteiger partial charge in [-0.25, -0.2) is 17.5 Å². The first kappa shape index (κ1) is 19.9. The summed E-state index contributed by atoms with van der Waals surface area (Å²) in [7, 11) is -2.32. The summed E-state index contributed by atoms with van der Waals surface area (Å²) in [6.45, 7) is 3.29. The Bertz CT molecular complexity index is 1100. The summed E-state index contributed by atoms with van der Waals surface area (Å²) >= 11 is 0. The van der Waals surface area contributed by atoms with E-state index in [0.29, 0.717) is 17.7 Å². The summed E-state index contributed by atoms with van der Waals surface area (Å²) in [6, 6.07) is 3.65. The molecule has 0 aliphatic carbocycles. The third-order valence-electron chi connectivity index (χ3n) is 4.30. The van der Waals surface area contributed by atoms with Crippen LogP contribution < -0.4 is 14.8 Å². The molecule has 2 aromatic rings. The van der Waals surface area contributed by atoms with Crippen LogP contribution in [0.5, 0.6) is 5.75 Å². The Hall–Kier alpha value is -2.83. The quantitative estimate of drug-likeness (QED) is 0.766. The van der Waals surface area contributed by atoms with E-state index in [1.54, 1.807) is 20.9 Å². The molecule has 1 unspecified atom stereocenters. The second kappa shape index (κ2) is 7.66. The Balaban J connectivity index is 1.94. The Morgan fingerprint density at radius 3 is 2.89 bits per heavy atom. The largest absolute Gasteiger partial charge is 0.488 e. The predicted octanol–water partition coefficient (Wildman–Crippen LogP) is 2.18. The summed E-state index contributed by atoms with van der Waals surface area (Å²) in [4.78, 5) is 12.7. The molecule has 2 N–H and O–H groups in total. The molecule has 1 amide bonds. The molecule has 7 nitrogen and oxygen atoms in total. The van der Waals surface area contributed by atoms with E-state index in [-0.39, 0.29) is 28.8 Å². The van der Waals surface area contributed by atoms with E-state index in [1.165, 1.54) is 29.0 Å². The van der Waals surface area contributed by atoms with Gasteiger partial charge in [0.2, 0.25) is 10.0 Å². The van der Waals surface area contributed by atoms with Crippen LogP contribution in [0.4, 0.5) is 10.1 Å². The number of carbonyl (C=O) groups excluding carboxylic acids is 1. The van der Waals surface area contributed by atoms with Crippen molar-refractivity contribution in [2.75, 3.05) is 11.9 Å². The fourth-order valence-electron chi connectivity index (χ4n) is 2.91. The van der Waals surface area contributed by atoms with Gasteiger partial charge in [0.25, 0.3) is 5.91 Å². The van der Waals surface area contributed by atoms with Gasteiger partial charge in [-0.3, -0.25) is 4.79 Å². The Morgan fingerprint density at radius 1 is 1.46 bits per heavy atom. The standard InChI is InChI=1S/C19H20FN3O4S/c1-4-5-6-14-11-27-18-16(28(25,26)22-14)10-23(3)17(18)19(24)21-13-7-8-15(20)12(2)9-13/h7-10,14,22H,6,11H2,1-3H3,(H,21,24). The number of fused-ring (bicyclic) bond motifs is 1. The Kier molecular flexibility index (Phi) is 5.45. The average Bonchev–Trinajstić information content (AvgIpc) is 2.91. The predicted molar refractivity (Wildman–Crippen MR) is 102 cm³/mol. The van der Waals surface area contributed by atoms with E-state index in [9.17, 15) is 17.6 Å². The van der Waals surface area contributed by atoms with Crippen LogP contribution in [0.15, 0.2) is 29.3 Å². The summed E-state index contributed by atoms with van der Waals surface area (Å²) < 4.78 is 48.4. The molecule has 1 atom stereocenters. The van der Waals surface area contributed by atoms with E-state index in [1.807, 2.05) is 0 Å². The maximum Gasteiger partial charge on any atom is 0.276 e. The lowest BCUT2D eigenvalue weighted by Crippen LogP contribution is -2.36. The van der Waals surface area contributed by atoms with Crippen molar-refractivity contribution in [3.8, 4) is 17.6 Å². The summed E-state index contributed by atoms with van der Waals surface area (Å²) in [5.41, 5.74) is 0.834. The second-order valence-electron chi connectivity index (χ2n) is 6.46. The first-order chi connectivity index (χ1) is 13.2. The fourth-order valence-corrected chi connectivity index (χ4v) is 4.32. The van der Waals surface area contributed by atoms with Gasteiger partial charge in [-0.15, -0.1) is 11.8 Å². The van der Waals surface area contributed by atoms with Crippen molar-refractivity contribution >= 4 is 21.6 Å². The van der Waals surface area contributed by atoms with Gasteiger partial charge in [-0.2, -0.15) is 0 Å². The van der Waals surface area contributed by atoms with Crippen LogP contribution in [0, 0.1) is 24.6 Å². The molecule has 28 heavy (non-hydrogen) atoms. The number of amides is 1. The second-order valence-corrected chi connectivity index (χ2v) is 8.14. The van der Waals surface area contributed by atoms with Crippen LogP contribution in [0.2, 0.25) is 0 Å². The molecule has 1 aromatic heterocycles. The van der Waals surface area contributed by atoms with Gasteiger partial charge in [0.05, 0.1) is 6.04 Å². The van der Waals surface area contributed by atoms with Crippen LogP contribution in [-0.4, -0.2) is 31.5 Å². The molecule has 1 aromatic carbocycles. The number of aromatic nitrogens is 1. The van der Waals surface area contributed by atoms with Gasteiger partial charge in [0, 0.05) is 25.4 Å². The fraction of sp³-hybridized carbons (Fsp3) is 0.316. The highest BCUT2D eigenvalue weighted by Gasteiger charge is 2.34. The zero-order valence-corrected chi connectivity index (χ0v) is 16.5. The molecule has 0 bridgehead atoms. The molecule has 2 heterocycles. The minimum absolute atomic E-state index is 0.0155. The van der Waals surface area contributed by atoms with Crippen LogP contribution >= 0.6 is 0 Å². The van der Waals surface area contributed by atoms with Crippen LogP contribution in [0.3, 0.4) is 0 Å². The van der Waals surface area contributed by atoms with Gasteiger partial charge in [-0.1, -0.05) is 0 Å². The van der Waals surface area contributed by atoms with Crippen molar-refractivity contribution in [1.82, 2.24) is 9.29 Å². The molecule has 148 valence electrons. The van der Waals surface area contributed by atoms with Crippen LogP contribution in [0.25, 0.3) is 0 Å². The molecule has 0 saturated carbocycles. The first-order valence-electron chi connectivity index (χ1n) is 8.54. The SMILES string of the molecule is CC#CCC1COc2c(cn(C)c2C(=O)Nc2ccc(F)c(C)c2)S(=O)(=O)N1. The topological polar surface area (TPSA) is 89.4 Å². The lowest BCUT2D eigenvalue weighted by atomic mass is 10.2. The number of halogens is 1. The molecular weight excluding hydrogens is 385 g/mol. The summed E-state index contributed by atoms with van der Waals surface area (Å²) in [5.74, 6) is 4.58. The number of nitrogens with zero attached hydrogens (tertiary/aromatic N) is 1. The van der Waals surface area contributed by atoms with E-state index < -0.39 is 22.0 Å². The first-order valence-corrected chi connectivity index (χ1v) is 10.0. The smallest absolute Gasteiger partial charge is 0.276 e. The number of hydrogen-bond acceptors (Lipinski definition) is 4. The monoisotopic (exact) mass is 405 g/mol. The van der Waals surface area contributed by atoms with Gasteiger partial charge in [0.1, 0.15) is 17.3 Å². The highest BCUT2D eigenvalue weighted by atomic mass is 32.2. The molecule has 1 aliphatic rings. The molecule has 0 saturated heterocycles. The van der Waals surface area contributed by atoms with Crippen molar-refractivity contribution in [2.45, 2.75) is 31.2 Å². The number of carbonyl (C=O) groups is 1. The van der Waals surface area contributed by atoms with Gasteiger partial charge in [0.15, 0.2) is 11.4 Å². The number of hydrogen-bond donors (Lipinski definition) is 2. The maximum absolute atomic E-state index is 13.4. The molecule has 9 heteroatoms. The molecule has 0 fully saturated rings. The third kappa shape index (κ3) is 3.88. The molecule has 1 aliphatic heterocycles. The molecule has 3 rings (SSSR count). The number of sulfonamides is 1. The highest BCUT2D eigenvalue weighted by Crippen LogP contribution is 2.33. The van der Waals surface area contributed by atoms with E-state index >= 15 is 0 Å². The number of anilines is 1. The van der Waals surface area contributed by atoms with Crippen molar-refractivity contribution < 1.29 is 22.3 Å². The maximum atomic E-state index is 13.4. The zero-order chi connectivity index (χ0) is 20.5.